The third-order valence-corrected chi connectivity index (χ3v) is 4.26. The molecule has 2 aromatic carbocycles. The van der Waals surface area contributed by atoms with Gasteiger partial charge in [0.05, 0.1) is 7.11 Å². The van der Waals surface area contributed by atoms with Gasteiger partial charge in [-0.15, -0.1) is 0 Å². The zero-order valence-corrected chi connectivity index (χ0v) is 16.3. The SMILES string of the molecule is CN=C(NCCNC(=O)c1ccccc1)NCCc1ccc(OC)cc1Cl. The summed E-state index contributed by atoms with van der Waals surface area (Å²) in [5, 5.41) is 9.94. The Balaban J connectivity index is 1.68. The molecule has 7 heteroatoms. The quantitative estimate of drug-likeness (QED) is 0.369. The molecule has 27 heavy (non-hydrogen) atoms. The van der Waals surface area contributed by atoms with Crippen LogP contribution in [0.2, 0.25) is 5.02 Å². The van der Waals surface area contributed by atoms with E-state index in [4.69, 9.17) is 16.3 Å². The minimum Gasteiger partial charge on any atom is -0.497 e. The number of aliphatic imine (C=N–C) groups is 1. The number of hydrogen-bond donors (Lipinski definition) is 3. The fourth-order valence-corrected chi connectivity index (χ4v) is 2.71. The second-order valence-electron chi connectivity index (χ2n) is 5.76. The summed E-state index contributed by atoms with van der Waals surface area (Å²) in [5.41, 5.74) is 1.69. The van der Waals surface area contributed by atoms with Crippen LogP contribution >= 0.6 is 11.6 Å². The lowest BCUT2D eigenvalue weighted by Gasteiger charge is -2.13. The molecule has 0 unspecified atom stereocenters. The van der Waals surface area contributed by atoms with Gasteiger partial charge in [-0.05, 0) is 36.2 Å². The number of benzene rings is 2. The standard InChI is InChI=1S/C20H25ClN4O2/c1-22-20(24-11-10-15-8-9-17(27-2)14-18(15)21)25-13-12-23-19(26)16-6-4-3-5-7-16/h3-9,14H,10-13H2,1-2H3,(H,23,26)(H2,22,24,25). The van der Waals surface area contributed by atoms with Gasteiger partial charge in [0.2, 0.25) is 0 Å². The summed E-state index contributed by atoms with van der Waals surface area (Å²) in [4.78, 5) is 16.1. The van der Waals surface area contributed by atoms with Crippen molar-refractivity contribution in [3.63, 3.8) is 0 Å². The molecule has 2 aromatic rings. The molecule has 2 rings (SSSR count). The van der Waals surface area contributed by atoms with E-state index in [1.807, 2.05) is 30.3 Å². The van der Waals surface area contributed by atoms with Crippen LogP contribution in [-0.4, -0.2) is 45.7 Å². The lowest BCUT2D eigenvalue weighted by Crippen LogP contribution is -2.42. The summed E-state index contributed by atoms with van der Waals surface area (Å²) in [7, 11) is 3.32. The summed E-state index contributed by atoms with van der Waals surface area (Å²) < 4.78 is 5.15. The Morgan fingerprint density at radius 1 is 1.04 bits per heavy atom. The third kappa shape index (κ3) is 6.83. The van der Waals surface area contributed by atoms with Crippen LogP contribution in [0.15, 0.2) is 53.5 Å². The molecule has 0 aliphatic heterocycles. The van der Waals surface area contributed by atoms with E-state index in [1.54, 1.807) is 32.4 Å². The highest BCUT2D eigenvalue weighted by molar-refractivity contribution is 6.31. The van der Waals surface area contributed by atoms with Crippen LogP contribution in [0.5, 0.6) is 5.75 Å². The van der Waals surface area contributed by atoms with Crippen LogP contribution in [0, 0.1) is 0 Å². The van der Waals surface area contributed by atoms with E-state index in [0.29, 0.717) is 36.2 Å². The zero-order valence-electron chi connectivity index (χ0n) is 15.6. The van der Waals surface area contributed by atoms with E-state index in [0.717, 1.165) is 17.7 Å². The minimum absolute atomic E-state index is 0.0884. The molecule has 0 aliphatic rings. The maximum atomic E-state index is 12.0. The number of guanidine groups is 1. The fourth-order valence-electron chi connectivity index (χ4n) is 2.44. The second-order valence-corrected chi connectivity index (χ2v) is 6.16. The van der Waals surface area contributed by atoms with Gasteiger partial charge in [-0.2, -0.15) is 0 Å². The van der Waals surface area contributed by atoms with Crippen molar-refractivity contribution >= 4 is 23.5 Å². The lowest BCUT2D eigenvalue weighted by atomic mass is 10.1. The Labute approximate surface area is 165 Å². The minimum atomic E-state index is -0.0884. The van der Waals surface area contributed by atoms with E-state index in [1.165, 1.54) is 0 Å². The molecular formula is C20H25ClN4O2. The maximum Gasteiger partial charge on any atom is 0.251 e. The highest BCUT2D eigenvalue weighted by Crippen LogP contribution is 2.22. The number of rotatable bonds is 8. The second kappa shape index (κ2) is 11.1. The average Bonchev–Trinajstić information content (AvgIpc) is 2.71. The van der Waals surface area contributed by atoms with Crippen LogP contribution in [0.1, 0.15) is 15.9 Å². The third-order valence-electron chi connectivity index (χ3n) is 3.91. The molecule has 0 atom stereocenters. The first-order valence-corrected chi connectivity index (χ1v) is 9.12. The van der Waals surface area contributed by atoms with E-state index >= 15 is 0 Å². The topological polar surface area (TPSA) is 74.8 Å². The molecule has 0 spiro atoms. The van der Waals surface area contributed by atoms with Crippen LogP contribution in [0.4, 0.5) is 0 Å². The van der Waals surface area contributed by atoms with Crippen LogP contribution in [0.25, 0.3) is 0 Å². The van der Waals surface area contributed by atoms with Gasteiger partial charge in [0.15, 0.2) is 5.96 Å². The molecule has 0 bridgehead atoms. The van der Waals surface area contributed by atoms with E-state index in [9.17, 15) is 4.79 Å². The summed E-state index contributed by atoms with van der Waals surface area (Å²) in [6.45, 7) is 1.75. The van der Waals surface area contributed by atoms with Crippen LogP contribution in [-0.2, 0) is 6.42 Å². The molecule has 0 aromatic heterocycles. The highest BCUT2D eigenvalue weighted by Gasteiger charge is 2.05. The van der Waals surface area contributed by atoms with Crippen molar-refractivity contribution < 1.29 is 9.53 Å². The number of carbonyl (C=O) groups excluding carboxylic acids is 1. The van der Waals surface area contributed by atoms with Crippen LogP contribution in [0.3, 0.4) is 0 Å². The van der Waals surface area contributed by atoms with Gasteiger partial charge in [-0.25, -0.2) is 0 Å². The van der Waals surface area contributed by atoms with Gasteiger partial charge in [0.25, 0.3) is 5.91 Å². The number of nitrogens with one attached hydrogen (secondary N) is 3. The average molecular weight is 389 g/mol. The van der Waals surface area contributed by atoms with Crippen molar-refractivity contribution in [2.75, 3.05) is 33.8 Å². The molecule has 0 fully saturated rings. The Morgan fingerprint density at radius 3 is 2.41 bits per heavy atom. The number of amides is 1. The molecule has 0 radical (unpaired) electrons. The summed E-state index contributed by atoms with van der Waals surface area (Å²) in [6.07, 6.45) is 0.758. The predicted molar refractivity (Wildman–Crippen MR) is 110 cm³/mol. The van der Waals surface area contributed by atoms with Crippen molar-refractivity contribution in [1.29, 1.82) is 0 Å². The maximum absolute atomic E-state index is 12.0. The molecule has 0 heterocycles. The molecule has 144 valence electrons. The first kappa shape index (κ1) is 20.6. The highest BCUT2D eigenvalue weighted by atomic mass is 35.5. The van der Waals surface area contributed by atoms with Crippen molar-refractivity contribution in [3.05, 3.63) is 64.7 Å². The van der Waals surface area contributed by atoms with Crippen molar-refractivity contribution in [2.45, 2.75) is 6.42 Å². The van der Waals surface area contributed by atoms with Gasteiger partial charge in [-0.3, -0.25) is 9.79 Å². The summed E-state index contributed by atoms with van der Waals surface area (Å²) in [5.74, 6) is 1.33. The van der Waals surface area contributed by atoms with Crippen molar-refractivity contribution in [1.82, 2.24) is 16.0 Å². The molecular weight excluding hydrogens is 364 g/mol. The first-order chi connectivity index (χ1) is 13.1. The smallest absolute Gasteiger partial charge is 0.251 e. The summed E-state index contributed by atoms with van der Waals surface area (Å²) >= 11 is 6.25. The Hall–Kier alpha value is -2.73. The van der Waals surface area contributed by atoms with E-state index in [2.05, 4.69) is 20.9 Å². The molecule has 0 aliphatic carbocycles. The molecule has 0 saturated carbocycles. The van der Waals surface area contributed by atoms with E-state index < -0.39 is 0 Å². The van der Waals surface area contributed by atoms with Gasteiger partial charge >= 0.3 is 0 Å². The van der Waals surface area contributed by atoms with Crippen LogP contribution < -0.4 is 20.7 Å². The Bertz CT molecular complexity index is 766. The largest absolute Gasteiger partial charge is 0.497 e. The molecule has 3 N–H and O–H groups in total. The zero-order chi connectivity index (χ0) is 19.5. The Kier molecular flexibility index (Phi) is 8.45. The van der Waals surface area contributed by atoms with Gasteiger partial charge in [-0.1, -0.05) is 35.9 Å². The monoisotopic (exact) mass is 388 g/mol. The van der Waals surface area contributed by atoms with E-state index in [-0.39, 0.29) is 5.91 Å². The number of nitrogens with zero attached hydrogens (tertiary/aromatic N) is 1. The normalized spacial score (nSPS) is 11.0. The summed E-state index contributed by atoms with van der Waals surface area (Å²) in [6, 6.07) is 14.8. The number of halogens is 1. The molecule has 0 saturated heterocycles. The number of hydrogen-bond acceptors (Lipinski definition) is 3. The van der Waals surface area contributed by atoms with Gasteiger partial charge in [0.1, 0.15) is 5.75 Å². The number of ether oxygens (including phenoxy) is 1. The van der Waals surface area contributed by atoms with Crippen molar-refractivity contribution in [2.24, 2.45) is 4.99 Å². The molecule has 1 amide bonds. The number of methoxy groups -OCH3 is 1. The lowest BCUT2D eigenvalue weighted by molar-refractivity contribution is 0.0954. The first-order valence-electron chi connectivity index (χ1n) is 8.74. The predicted octanol–water partition coefficient (Wildman–Crippen LogP) is 2.49. The fraction of sp³-hybridized carbons (Fsp3) is 0.300. The van der Waals surface area contributed by atoms with Crippen molar-refractivity contribution in [3.8, 4) is 5.75 Å². The van der Waals surface area contributed by atoms with Gasteiger partial charge in [0, 0.05) is 37.3 Å². The van der Waals surface area contributed by atoms with Gasteiger partial charge < -0.3 is 20.7 Å². The number of carbonyl (C=O) groups is 1. The Morgan fingerprint density at radius 2 is 1.74 bits per heavy atom. The molecule has 6 nitrogen and oxygen atoms in total.